The minimum atomic E-state index is -0.476. The van der Waals surface area contributed by atoms with E-state index in [1.54, 1.807) is 4.90 Å². The standard InChI is InChI=1S/C17H25BrN2O4/c1-17(2,3)24-16(22)20-7-5-11(6-8-20)12-9-13(18)15(21)14(10-12)19-23-4/h9-11,19,21H,5-8H2,1-4H3. The van der Waals surface area contributed by atoms with Crippen LogP contribution in [0.4, 0.5) is 10.5 Å². The van der Waals surface area contributed by atoms with Gasteiger partial charge in [-0.2, -0.15) is 0 Å². The predicted molar refractivity (Wildman–Crippen MR) is 96.2 cm³/mol. The Bertz CT molecular complexity index is 593. The Balaban J connectivity index is 2.03. The molecule has 0 unspecified atom stereocenters. The number of carbonyl (C=O) groups excluding carboxylic acids is 1. The van der Waals surface area contributed by atoms with Crippen LogP contribution in [0, 0.1) is 0 Å². The van der Waals surface area contributed by atoms with Crippen LogP contribution in [0.1, 0.15) is 45.1 Å². The molecule has 24 heavy (non-hydrogen) atoms. The molecule has 1 aliphatic rings. The summed E-state index contributed by atoms with van der Waals surface area (Å²) in [5.41, 5.74) is 3.83. The molecule has 1 aromatic carbocycles. The molecular formula is C17H25BrN2O4. The molecule has 7 heteroatoms. The maximum atomic E-state index is 12.1. The van der Waals surface area contributed by atoms with Gasteiger partial charge < -0.3 is 14.7 Å². The van der Waals surface area contributed by atoms with Gasteiger partial charge in [0.25, 0.3) is 0 Å². The zero-order valence-corrected chi connectivity index (χ0v) is 16.1. The van der Waals surface area contributed by atoms with Crippen LogP contribution in [0.15, 0.2) is 16.6 Å². The first-order chi connectivity index (χ1) is 11.2. The Hall–Kier alpha value is -1.47. The molecule has 0 radical (unpaired) electrons. The molecule has 1 aliphatic heterocycles. The number of amides is 1. The van der Waals surface area contributed by atoms with Crippen molar-refractivity contribution in [3.05, 3.63) is 22.2 Å². The van der Waals surface area contributed by atoms with Gasteiger partial charge in [-0.1, -0.05) is 0 Å². The third-order valence-electron chi connectivity index (χ3n) is 3.92. The fourth-order valence-corrected chi connectivity index (χ4v) is 3.24. The number of rotatable bonds is 3. The van der Waals surface area contributed by atoms with Crippen molar-refractivity contribution in [2.45, 2.75) is 45.1 Å². The lowest BCUT2D eigenvalue weighted by atomic mass is 9.89. The number of anilines is 1. The number of nitrogens with one attached hydrogen (secondary N) is 1. The van der Waals surface area contributed by atoms with Crippen LogP contribution in [-0.2, 0) is 9.57 Å². The van der Waals surface area contributed by atoms with E-state index in [1.165, 1.54) is 7.11 Å². The van der Waals surface area contributed by atoms with Crippen molar-refractivity contribution in [1.82, 2.24) is 4.90 Å². The van der Waals surface area contributed by atoms with E-state index in [9.17, 15) is 9.90 Å². The Kier molecular flexibility index (Phi) is 5.98. The fraction of sp³-hybridized carbons (Fsp3) is 0.588. The average Bonchev–Trinajstić information content (AvgIpc) is 2.50. The Morgan fingerprint density at radius 3 is 2.50 bits per heavy atom. The van der Waals surface area contributed by atoms with Gasteiger partial charge in [-0.15, -0.1) is 0 Å². The van der Waals surface area contributed by atoms with Crippen LogP contribution < -0.4 is 5.48 Å². The Morgan fingerprint density at radius 2 is 1.96 bits per heavy atom. The van der Waals surface area contributed by atoms with Gasteiger partial charge in [-0.05, 0) is 73.2 Å². The molecule has 134 valence electrons. The molecule has 0 aromatic heterocycles. The number of phenols is 1. The highest BCUT2D eigenvalue weighted by molar-refractivity contribution is 9.10. The summed E-state index contributed by atoms with van der Waals surface area (Å²) in [5.74, 6) is 0.435. The van der Waals surface area contributed by atoms with Gasteiger partial charge in [0.2, 0.25) is 0 Å². The highest BCUT2D eigenvalue weighted by atomic mass is 79.9. The molecule has 1 amide bonds. The van der Waals surface area contributed by atoms with Crippen LogP contribution in [-0.4, -0.2) is 41.9 Å². The topological polar surface area (TPSA) is 71.0 Å². The van der Waals surface area contributed by atoms with E-state index in [1.807, 2.05) is 32.9 Å². The summed E-state index contributed by atoms with van der Waals surface area (Å²) in [5, 5.41) is 10.0. The number of phenolic OH excluding ortho intramolecular Hbond substituents is 1. The van der Waals surface area contributed by atoms with E-state index < -0.39 is 5.60 Å². The lowest BCUT2D eigenvalue weighted by Crippen LogP contribution is -2.41. The molecule has 0 saturated carbocycles. The maximum Gasteiger partial charge on any atom is 0.410 e. The normalized spacial score (nSPS) is 16.1. The van der Waals surface area contributed by atoms with Crippen LogP contribution >= 0.6 is 15.9 Å². The van der Waals surface area contributed by atoms with Crippen LogP contribution in [0.5, 0.6) is 5.75 Å². The summed E-state index contributed by atoms with van der Waals surface area (Å²) in [7, 11) is 1.50. The zero-order valence-electron chi connectivity index (χ0n) is 14.6. The number of halogens is 1. The van der Waals surface area contributed by atoms with E-state index in [-0.39, 0.29) is 11.8 Å². The van der Waals surface area contributed by atoms with Crippen LogP contribution in [0.3, 0.4) is 0 Å². The van der Waals surface area contributed by atoms with Crippen molar-refractivity contribution in [2.75, 3.05) is 25.7 Å². The number of piperidine rings is 1. The summed E-state index contributed by atoms with van der Waals surface area (Å²) in [6.45, 7) is 6.93. The number of likely N-dealkylation sites (tertiary alicyclic amines) is 1. The van der Waals surface area contributed by atoms with E-state index >= 15 is 0 Å². The third kappa shape index (κ3) is 4.77. The molecular weight excluding hydrogens is 376 g/mol. The molecule has 6 nitrogen and oxygen atoms in total. The molecule has 0 bridgehead atoms. The predicted octanol–water partition coefficient (Wildman–Crippen LogP) is 4.24. The molecule has 0 aliphatic carbocycles. The first-order valence-electron chi connectivity index (χ1n) is 8.00. The number of ether oxygens (including phenoxy) is 1. The van der Waals surface area contributed by atoms with Gasteiger partial charge in [-0.25, -0.2) is 4.79 Å². The highest BCUT2D eigenvalue weighted by Crippen LogP contribution is 2.38. The van der Waals surface area contributed by atoms with Gasteiger partial charge in [0.05, 0.1) is 11.6 Å². The maximum absolute atomic E-state index is 12.1. The summed E-state index contributed by atoms with van der Waals surface area (Å²) in [6.07, 6.45) is 1.45. The molecule has 2 N–H and O–H groups in total. The summed E-state index contributed by atoms with van der Waals surface area (Å²) in [6, 6.07) is 3.81. The largest absolute Gasteiger partial charge is 0.505 e. The van der Waals surface area contributed by atoms with Crippen molar-refractivity contribution in [1.29, 1.82) is 0 Å². The molecule has 0 spiro atoms. The second-order valence-electron chi connectivity index (χ2n) is 6.95. The number of hydrogen-bond donors (Lipinski definition) is 2. The average molecular weight is 401 g/mol. The SMILES string of the molecule is CONc1cc(C2CCN(C(=O)OC(C)(C)C)CC2)cc(Br)c1O. The van der Waals surface area contributed by atoms with Crippen LogP contribution in [0.2, 0.25) is 0 Å². The number of hydrogen-bond acceptors (Lipinski definition) is 5. The molecule has 1 aromatic rings. The van der Waals surface area contributed by atoms with E-state index in [4.69, 9.17) is 9.57 Å². The van der Waals surface area contributed by atoms with Crippen molar-refractivity contribution in [3.63, 3.8) is 0 Å². The van der Waals surface area contributed by atoms with Gasteiger partial charge in [0, 0.05) is 13.1 Å². The minimum absolute atomic E-state index is 0.117. The summed E-state index contributed by atoms with van der Waals surface area (Å²) < 4.78 is 6.04. The van der Waals surface area contributed by atoms with Crippen molar-refractivity contribution >= 4 is 27.7 Å². The first-order valence-corrected chi connectivity index (χ1v) is 8.80. The minimum Gasteiger partial charge on any atom is -0.505 e. The smallest absolute Gasteiger partial charge is 0.410 e. The monoisotopic (exact) mass is 400 g/mol. The second kappa shape index (κ2) is 7.61. The third-order valence-corrected chi connectivity index (χ3v) is 4.52. The second-order valence-corrected chi connectivity index (χ2v) is 7.80. The number of aromatic hydroxyl groups is 1. The van der Waals surface area contributed by atoms with Crippen LogP contribution in [0.25, 0.3) is 0 Å². The highest BCUT2D eigenvalue weighted by Gasteiger charge is 2.28. The van der Waals surface area contributed by atoms with E-state index in [0.29, 0.717) is 29.2 Å². The molecule has 1 heterocycles. The number of nitrogens with zero attached hydrogens (tertiary/aromatic N) is 1. The van der Waals surface area contributed by atoms with Gasteiger partial charge in [-0.3, -0.25) is 10.3 Å². The van der Waals surface area contributed by atoms with Gasteiger partial charge in [0.15, 0.2) is 5.75 Å². The summed E-state index contributed by atoms with van der Waals surface area (Å²) in [4.78, 5) is 18.8. The van der Waals surface area contributed by atoms with Crippen molar-refractivity contribution in [2.24, 2.45) is 0 Å². The van der Waals surface area contributed by atoms with Crippen molar-refractivity contribution in [3.8, 4) is 5.75 Å². The lowest BCUT2D eigenvalue weighted by Gasteiger charge is -2.33. The Labute approximate surface area is 151 Å². The van der Waals surface area contributed by atoms with E-state index in [2.05, 4.69) is 21.4 Å². The first kappa shape index (κ1) is 18.9. The number of benzene rings is 1. The summed E-state index contributed by atoms with van der Waals surface area (Å²) >= 11 is 3.37. The van der Waals surface area contributed by atoms with Gasteiger partial charge in [0.1, 0.15) is 11.3 Å². The lowest BCUT2D eigenvalue weighted by molar-refractivity contribution is 0.0205. The van der Waals surface area contributed by atoms with E-state index in [0.717, 1.165) is 18.4 Å². The molecule has 1 fully saturated rings. The molecule has 0 atom stereocenters. The van der Waals surface area contributed by atoms with Crippen molar-refractivity contribution < 1.29 is 19.5 Å². The molecule has 2 rings (SSSR count). The van der Waals surface area contributed by atoms with Gasteiger partial charge >= 0.3 is 6.09 Å². The fourth-order valence-electron chi connectivity index (χ4n) is 2.77. The quantitative estimate of drug-likeness (QED) is 0.586. The molecule has 1 saturated heterocycles. The Morgan fingerprint density at radius 1 is 1.33 bits per heavy atom. The zero-order chi connectivity index (χ0) is 17.9. The number of carbonyl (C=O) groups is 1.